The quantitative estimate of drug-likeness (QED) is 0.0715. The highest BCUT2D eigenvalue weighted by Crippen LogP contribution is 2.29. The molecule has 3 aromatic carbocycles. The lowest BCUT2D eigenvalue weighted by Gasteiger charge is -2.29. The van der Waals surface area contributed by atoms with Crippen LogP contribution < -0.4 is 26.4 Å². The summed E-state index contributed by atoms with van der Waals surface area (Å²) >= 11 is 0. The van der Waals surface area contributed by atoms with E-state index in [2.05, 4.69) is 42.5 Å². The second-order valence-electron chi connectivity index (χ2n) is 13.2. The molecule has 56 heavy (non-hydrogen) atoms. The number of nitrogens with zero attached hydrogens (tertiary/aromatic N) is 3. The van der Waals surface area contributed by atoms with E-state index < -0.39 is 27.9 Å². The number of carbonyl (C=O) groups is 5. The Morgan fingerprint density at radius 1 is 0.946 bits per heavy atom. The van der Waals surface area contributed by atoms with Crippen molar-refractivity contribution in [2.45, 2.75) is 62.4 Å². The summed E-state index contributed by atoms with van der Waals surface area (Å²) in [5, 5.41) is 7.88. The Balaban J connectivity index is 0.889. The van der Waals surface area contributed by atoms with Crippen molar-refractivity contribution in [1.29, 1.82) is 0 Å². The number of piperidine rings is 1. The zero-order chi connectivity index (χ0) is 39.7. The molecular weight excluding hydrogens is 737 g/mol. The molecule has 6 rings (SSSR count). The number of para-hydroxylation sites is 1. The van der Waals surface area contributed by atoms with Crippen molar-refractivity contribution in [3.8, 4) is 23.1 Å². The summed E-state index contributed by atoms with van der Waals surface area (Å²) in [5.41, 5.74) is 9.28. The number of aromatic nitrogens is 2. The van der Waals surface area contributed by atoms with Crippen LogP contribution in [0.2, 0.25) is 0 Å². The summed E-state index contributed by atoms with van der Waals surface area (Å²) in [4.78, 5) is 72.0. The minimum absolute atomic E-state index is 0.0407. The van der Waals surface area contributed by atoms with E-state index in [0.29, 0.717) is 60.3 Å². The van der Waals surface area contributed by atoms with Gasteiger partial charge in [-0.15, -0.1) is 0 Å². The van der Waals surface area contributed by atoms with Gasteiger partial charge < -0.3 is 21.3 Å². The summed E-state index contributed by atoms with van der Waals surface area (Å²) in [6, 6.07) is 19.4. The molecule has 1 unspecified atom stereocenters. The molecule has 15 nitrogen and oxygen atoms in total. The van der Waals surface area contributed by atoms with Gasteiger partial charge in [0.05, 0.1) is 16.8 Å². The van der Waals surface area contributed by atoms with Crippen LogP contribution in [0.25, 0.3) is 11.3 Å². The number of hydrogen-bond acceptors (Lipinski definition) is 10. The Kier molecular flexibility index (Phi) is 12.5. The van der Waals surface area contributed by atoms with Crippen LogP contribution in [0.1, 0.15) is 76.9 Å². The molecule has 5 amide bonds. The molecule has 1 saturated heterocycles. The van der Waals surface area contributed by atoms with Crippen LogP contribution in [0.5, 0.6) is 0 Å². The molecule has 1 fully saturated rings. The highest BCUT2D eigenvalue weighted by Gasteiger charge is 2.39. The van der Waals surface area contributed by atoms with Gasteiger partial charge in [-0.05, 0) is 67.6 Å². The molecule has 1 aromatic heterocycles. The van der Waals surface area contributed by atoms with Gasteiger partial charge in [0.2, 0.25) is 27.7 Å². The van der Waals surface area contributed by atoms with Gasteiger partial charge in [0.1, 0.15) is 6.04 Å². The number of nitrogen functional groups attached to an aromatic ring is 1. The minimum atomic E-state index is -3.81. The first kappa shape index (κ1) is 39.3. The van der Waals surface area contributed by atoms with Gasteiger partial charge in [0.15, 0.2) is 11.5 Å². The largest absolute Gasteiger partial charge is 0.382 e. The van der Waals surface area contributed by atoms with E-state index in [4.69, 9.17) is 5.73 Å². The summed E-state index contributed by atoms with van der Waals surface area (Å²) in [7, 11) is -3.81. The summed E-state index contributed by atoms with van der Waals surface area (Å²) in [5.74, 6) is 4.46. The lowest BCUT2D eigenvalue weighted by atomic mass is 10.0. The van der Waals surface area contributed by atoms with Gasteiger partial charge in [-0.25, -0.2) is 23.1 Å². The number of nitrogens with two attached hydrogens (primary N) is 1. The van der Waals surface area contributed by atoms with E-state index in [1.165, 1.54) is 23.2 Å². The van der Waals surface area contributed by atoms with Crippen LogP contribution in [0, 0.1) is 11.8 Å². The van der Waals surface area contributed by atoms with E-state index >= 15 is 0 Å². The minimum Gasteiger partial charge on any atom is -0.382 e. The number of nitrogens with one attached hydrogen (secondary N) is 4. The maximum absolute atomic E-state index is 13.0. The van der Waals surface area contributed by atoms with Crippen molar-refractivity contribution in [3.63, 3.8) is 0 Å². The first-order valence-corrected chi connectivity index (χ1v) is 19.6. The Labute approximate surface area is 323 Å². The van der Waals surface area contributed by atoms with Crippen molar-refractivity contribution >= 4 is 51.1 Å². The van der Waals surface area contributed by atoms with Gasteiger partial charge in [-0.3, -0.25) is 29.3 Å². The molecule has 0 radical (unpaired) electrons. The SMILES string of the molecule is Nc1ncc(-c2ccc(S(=O)(=O)NCCCCC(=O)NCCCC#Cc3cccc4c3CN(C3CCC(=O)NC3=O)C4=O)cc2)nc1C(=O)Nc1ccccc1. The molecule has 0 saturated carbocycles. The monoisotopic (exact) mass is 776 g/mol. The molecule has 288 valence electrons. The third-order valence-corrected chi connectivity index (χ3v) is 10.7. The average Bonchev–Trinajstić information content (AvgIpc) is 3.52. The third-order valence-electron chi connectivity index (χ3n) is 9.24. The normalized spacial score (nSPS) is 15.0. The van der Waals surface area contributed by atoms with E-state index in [1.54, 1.807) is 48.5 Å². The second-order valence-corrected chi connectivity index (χ2v) is 14.9. The van der Waals surface area contributed by atoms with Crippen molar-refractivity contribution in [2.24, 2.45) is 0 Å². The lowest BCUT2D eigenvalue weighted by Crippen LogP contribution is -2.52. The predicted octanol–water partition coefficient (Wildman–Crippen LogP) is 3.14. The molecule has 16 heteroatoms. The van der Waals surface area contributed by atoms with E-state index in [0.717, 1.165) is 5.56 Å². The predicted molar refractivity (Wildman–Crippen MR) is 207 cm³/mol. The summed E-state index contributed by atoms with van der Waals surface area (Å²) < 4.78 is 28.3. The smallest absolute Gasteiger partial charge is 0.278 e. The molecule has 6 N–H and O–H groups in total. The Morgan fingerprint density at radius 2 is 1.73 bits per heavy atom. The first-order valence-electron chi connectivity index (χ1n) is 18.1. The van der Waals surface area contributed by atoms with Gasteiger partial charge in [-0.2, -0.15) is 0 Å². The number of amides is 5. The van der Waals surface area contributed by atoms with Gasteiger partial charge in [-0.1, -0.05) is 48.2 Å². The number of hydrogen-bond donors (Lipinski definition) is 5. The molecule has 0 spiro atoms. The molecule has 2 aliphatic heterocycles. The topological polar surface area (TPSA) is 223 Å². The lowest BCUT2D eigenvalue weighted by molar-refractivity contribution is -0.137. The molecular formula is C40H40N8O7S. The van der Waals surface area contributed by atoms with Crippen molar-refractivity contribution < 1.29 is 32.4 Å². The van der Waals surface area contributed by atoms with E-state index in [-0.39, 0.29) is 66.5 Å². The Hall–Kier alpha value is -6.44. The fourth-order valence-corrected chi connectivity index (χ4v) is 7.35. The van der Waals surface area contributed by atoms with E-state index in [9.17, 15) is 32.4 Å². The number of carbonyl (C=O) groups excluding carboxylic acids is 5. The molecule has 0 aliphatic carbocycles. The highest BCUT2D eigenvalue weighted by atomic mass is 32.2. The van der Waals surface area contributed by atoms with Crippen molar-refractivity contribution in [3.05, 3.63) is 101 Å². The van der Waals surface area contributed by atoms with Crippen LogP contribution in [0.3, 0.4) is 0 Å². The average molecular weight is 777 g/mol. The van der Waals surface area contributed by atoms with Crippen LogP contribution in [0.4, 0.5) is 11.5 Å². The Bertz CT molecular complexity index is 2320. The number of anilines is 2. The number of unbranched alkanes of at least 4 members (excludes halogenated alkanes) is 2. The summed E-state index contributed by atoms with van der Waals surface area (Å²) in [6.07, 6.45) is 4.19. The van der Waals surface area contributed by atoms with Gasteiger partial charge in [0.25, 0.3) is 11.8 Å². The van der Waals surface area contributed by atoms with Gasteiger partial charge >= 0.3 is 0 Å². The highest BCUT2D eigenvalue weighted by molar-refractivity contribution is 7.89. The van der Waals surface area contributed by atoms with Crippen molar-refractivity contribution in [1.82, 2.24) is 30.2 Å². The first-order chi connectivity index (χ1) is 27.0. The standard InChI is InChI=1S/C40H40N8O7S/c41-37-36(39(52)45-28-12-4-1-5-13-28)46-32(24-43-37)27-16-18-29(19-17-27)56(54,55)44-23-8-6-15-34(49)42-22-7-2-3-10-26-11-9-14-30-31(26)25-48(40(30)53)33-20-21-35(50)47-38(33)51/h1,4-5,9,11-14,16-19,24,33,44H,2,6-8,15,20-23,25H2,(H2,41,43)(H,42,49)(H,45,52)(H,47,50,51). The second kappa shape index (κ2) is 17.8. The molecule has 1 atom stereocenters. The molecule has 0 bridgehead atoms. The number of imide groups is 1. The fraction of sp³-hybridized carbons (Fsp3) is 0.275. The van der Waals surface area contributed by atoms with Crippen molar-refractivity contribution in [2.75, 3.05) is 24.1 Å². The number of sulfonamides is 1. The van der Waals surface area contributed by atoms with Crippen LogP contribution in [-0.2, 0) is 31.0 Å². The third kappa shape index (κ3) is 9.61. The number of rotatable bonds is 14. The molecule has 3 heterocycles. The number of benzene rings is 3. The van der Waals surface area contributed by atoms with Gasteiger partial charge in [0, 0.05) is 61.3 Å². The summed E-state index contributed by atoms with van der Waals surface area (Å²) in [6.45, 7) is 0.822. The van der Waals surface area contributed by atoms with Crippen LogP contribution in [0.15, 0.2) is 83.9 Å². The number of fused-ring (bicyclic) bond motifs is 1. The molecule has 2 aliphatic rings. The van der Waals surface area contributed by atoms with Crippen LogP contribution >= 0.6 is 0 Å². The zero-order valence-corrected chi connectivity index (χ0v) is 31.2. The van der Waals surface area contributed by atoms with Crippen LogP contribution in [-0.4, -0.2) is 72.0 Å². The fourth-order valence-electron chi connectivity index (χ4n) is 6.28. The van der Waals surface area contributed by atoms with E-state index in [1.807, 2.05) is 12.1 Å². The maximum atomic E-state index is 13.0. The Morgan fingerprint density at radius 3 is 2.50 bits per heavy atom. The molecule has 4 aromatic rings. The zero-order valence-electron chi connectivity index (χ0n) is 30.3. The maximum Gasteiger partial charge on any atom is 0.278 e.